The minimum atomic E-state index is 0.0438. The van der Waals surface area contributed by atoms with Crippen LogP contribution >= 0.6 is 0 Å². The van der Waals surface area contributed by atoms with Crippen molar-refractivity contribution in [1.29, 1.82) is 0 Å². The Balaban J connectivity index is 1.62. The Morgan fingerprint density at radius 3 is 2.67 bits per heavy atom. The van der Waals surface area contributed by atoms with E-state index in [2.05, 4.69) is 54.4 Å². The number of amides is 1. The van der Waals surface area contributed by atoms with Crippen LogP contribution in [0.1, 0.15) is 16.8 Å². The minimum absolute atomic E-state index is 0.0438. The summed E-state index contributed by atoms with van der Waals surface area (Å²) >= 11 is 0. The van der Waals surface area contributed by atoms with E-state index in [4.69, 9.17) is 4.42 Å². The van der Waals surface area contributed by atoms with Gasteiger partial charge in [0.1, 0.15) is 12.0 Å². The van der Waals surface area contributed by atoms with Gasteiger partial charge in [-0.05, 0) is 43.8 Å². The fourth-order valence-electron chi connectivity index (χ4n) is 4.24. The van der Waals surface area contributed by atoms with Gasteiger partial charge < -0.3 is 18.6 Å². The van der Waals surface area contributed by atoms with Gasteiger partial charge >= 0.3 is 0 Å². The maximum Gasteiger partial charge on any atom is 0.256 e. The third kappa shape index (κ3) is 3.19. The van der Waals surface area contributed by atoms with Crippen LogP contribution < -0.4 is 0 Å². The standard InChI is InChI=1S/C24H24N4O2/c1-26(2)20-10-11-27(14-20)24(29)21-12-19-9-8-18(17-6-4-3-5-7-17)13-28(19)23(21)22-15-30-16-25-22/h3-9,12-13,15-16,20H,10-11,14H2,1-2H3. The number of hydrogen-bond donors (Lipinski definition) is 0. The lowest BCUT2D eigenvalue weighted by molar-refractivity contribution is 0.0784. The van der Waals surface area contributed by atoms with Crippen LogP contribution in [-0.4, -0.2) is 58.3 Å². The smallest absolute Gasteiger partial charge is 0.256 e. The van der Waals surface area contributed by atoms with E-state index in [1.165, 1.54) is 6.39 Å². The first-order valence-electron chi connectivity index (χ1n) is 10.2. The predicted molar refractivity (Wildman–Crippen MR) is 116 cm³/mol. The van der Waals surface area contributed by atoms with Crippen molar-refractivity contribution in [3.05, 3.63) is 72.9 Å². The van der Waals surface area contributed by atoms with Crippen molar-refractivity contribution < 1.29 is 9.21 Å². The molecule has 3 aromatic heterocycles. The summed E-state index contributed by atoms with van der Waals surface area (Å²) < 4.78 is 7.30. The summed E-state index contributed by atoms with van der Waals surface area (Å²) in [6, 6.07) is 16.7. The molecule has 1 amide bonds. The number of nitrogens with zero attached hydrogens (tertiary/aromatic N) is 4. The van der Waals surface area contributed by atoms with Crippen LogP contribution in [0.5, 0.6) is 0 Å². The molecule has 30 heavy (non-hydrogen) atoms. The first kappa shape index (κ1) is 18.6. The van der Waals surface area contributed by atoms with Gasteiger partial charge in [0.2, 0.25) is 0 Å². The molecular formula is C24H24N4O2. The van der Waals surface area contributed by atoms with E-state index in [1.807, 2.05) is 33.6 Å². The second kappa shape index (κ2) is 7.46. The Morgan fingerprint density at radius 1 is 1.13 bits per heavy atom. The molecule has 0 saturated carbocycles. The Labute approximate surface area is 175 Å². The zero-order valence-electron chi connectivity index (χ0n) is 17.2. The molecule has 6 heteroatoms. The topological polar surface area (TPSA) is 54.0 Å². The number of aromatic nitrogens is 2. The van der Waals surface area contributed by atoms with E-state index in [1.54, 1.807) is 6.26 Å². The van der Waals surface area contributed by atoms with Gasteiger partial charge in [-0.1, -0.05) is 36.4 Å². The Bertz CT molecular complexity index is 1180. The summed E-state index contributed by atoms with van der Waals surface area (Å²) in [4.78, 5) is 22.0. The van der Waals surface area contributed by atoms with E-state index in [-0.39, 0.29) is 5.91 Å². The van der Waals surface area contributed by atoms with Crippen LogP contribution in [-0.2, 0) is 0 Å². The molecule has 1 unspecified atom stereocenters. The molecule has 0 N–H and O–H groups in total. The fourth-order valence-corrected chi connectivity index (χ4v) is 4.24. The summed E-state index contributed by atoms with van der Waals surface area (Å²) in [6.45, 7) is 1.51. The molecule has 1 aliphatic rings. The number of likely N-dealkylation sites (tertiary alicyclic amines) is 1. The largest absolute Gasteiger partial charge is 0.451 e. The van der Waals surface area contributed by atoms with Gasteiger partial charge in [0.25, 0.3) is 5.91 Å². The number of carbonyl (C=O) groups excluding carboxylic acids is 1. The molecule has 1 fully saturated rings. The summed E-state index contributed by atoms with van der Waals surface area (Å²) in [5, 5.41) is 0. The van der Waals surface area contributed by atoms with Crippen molar-refractivity contribution in [1.82, 2.24) is 19.2 Å². The van der Waals surface area contributed by atoms with Crippen LogP contribution in [0.2, 0.25) is 0 Å². The third-order valence-corrected chi connectivity index (χ3v) is 5.96. The molecule has 6 nitrogen and oxygen atoms in total. The van der Waals surface area contributed by atoms with Gasteiger partial charge in [-0.2, -0.15) is 0 Å². The molecule has 1 aliphatic heterocycles. The summed E-state index contributed by atoms with van der Waals surface area (Å²) in [6.07, 6.45) is 6.06. The van der Waals surface area contributed by atoms with Crippen LogP contribution in [0.3, 0.4) is 0 Å². The highest BCUT2D eigenvalue weighted by molar-refractivity contribution is 6.02. The van der Waals surface area contributed by atoms with Crippen LogP contribution in [0.15, 0.2) is 71.8 Å². The number of fused-ring (bicyclic) bond motifs is 1. The van der Waals surface area contributed by atoms with Gasteiger partial charge in [-0.15, -0.1) is 0 Å². The molecule has 1 atom stereocenters. The monoisotopic (exact) mass is 400 g/mol. The van der Waals surface area contributed by atoms with Crippen LogP contribution in [0, 0.1) is 0 Å². The van der Waals surface area contributed by atoms with Gasteiger partial charge in [-0.3, -0.25) is 4.79 Å². The molecule has 0 bridgehead atoms. The first-order chi connectivity index (χ1) is 14.6. The highest BCUT2D eigenvalue weighted by Crippen LogP contribution is 2.31. The molecule has 1 aromatic carbocycles. The molecule has 1 saturated heterocycles. The maximum atomic E-state index is 13.5. The molecule has 5 rings (SSSR count). The Hall–Kier alpha value is -3.38. The highest BCUT2D eigenvalue weighted by Gasteiger charge is 2.31. The van der Waals surface area contributed by atoms with Crippen molar-refractivity contribution >= 4 is 11.4 Å². The lowest BCUT2D eigenvalue weighted by Crippen LogP contribution is -2.34. The van der Waals surface area contributed by atoms with Crippen molar-refractivity contribution in [3.8, 4) is 22.5 Å². The number of likely N-dealkylation sites (N-methyl/N-ethyl adjacent to an activating group) is 1. The number of rotatable bonds is 4. The SMILES string of the molecule is CN(C)C1CCN(C(=O)c2cc3ccc(-c4ccccc4)cn3c2-c2cocn2)C1. The predicted octanol–water partition coefficient (Wildman–Crippen LogP) is 4.04. The fraction of sp³-hybridized carbons (Fsp3) is 0.250. The maximum absolute atomic E-state index is 13.5. The summed E-state index contributed by atoms with van der Waals surface area (Å²) in [5.74, 6) is 0.0438. The second-order valence-corrected chi connectivity index (χ2v) is 8.02. The molecular weight excluding hydrogens is 376 g/mol. The normalized spacial score (nSPS) is 16.6. The summed E-state index contributed by atoms with van der Waals surface area (Å²) in [5.41, 5.74) is 5.26. The van der Waals surface area contributed by atoms with E-state index in [9.17, 15) is 4.79 Å². The van der Waals surface area contributed by atoms with E-state index < -0.39 is 0 Å². The molecule has 0 aliphatic carbocycles. The average Bonchev–Trinajstić information content (AvgIpc) is 3.52. The first-order valence-corrected chi connectivity index (χ1v) is 10.2. The quantitative estimate of drug-likeness (QED) is 0.519. The molecule has 0 spiro atoms. The number of hydrogen-bond acceptors (Lipinski definition) is 4. The molecule has 4 aromatic rings. The van der Waals surface area contributed by atoms with E-state index in [0.29, 0.717) is 17.3 Å². The van der Waals surface area contributed by atoms with Crippen molar-refractivity contribution in [3.63, 3.8) is 0 Å². The van der Waals surface area contributed by atoms with Crippen LogP contribution in [0.25, 0.3) is 28.0 Å². The number of benzene rings is 1. The zero-order valence-corrected chi connectivity index (χ0v) is 17.2. The molecule has 152 valence electrons. The minimum Gasteiger partial charge on any atom is -0.451 e. The molecule has 4 heterocycles. The third-order valence-electron chi connectivity index (χ3n) is 5.96. The molecule has 0 radical (unpaired) electrons. The van der Waals surface area contributed by atoms with E-state index >= 15 is 0 Å². The highest BCUT2D eigenvalue weighted by atomic mass is 16.3. The van der Waals surface area contributed by atoms with Gasteiger partial charge in [0.15, 0.2) is 6.39 Å². The van der Waals surface area contributed by atoms with Crippen LogP contribution in [0.4, 0.5) is 0 Å². The van der Waals surface area contributed by atoms with Gasteiger partial charge in [0, 0.05) is 30.8 Å². The second-order valence-electron chi connectivity index (χ2n) is 8.02. The number of carbonyl (C=O) groups is 1. The van der Waals surface area contributed by atoms with Crippen molar-refractivity contribution in [2.24, 2.45) is 0 Å². The zero-order chi connectivity index (χ0) is 20.7. The van der Waals surface area contributed by atoms with Crippen molar-refractivity contribution in [2.45, 2.75) is 12.5 Å². The Morgan fingerprint density at radius 2 is 1.97 bits per heavy atom. The van der Waals surface area contributed by atoms with Gasteiger partial charge in [0.05, 0.1) is 11.3 Å². The summed E-state index contributed by atoms with van der Waals surface area (Å²) in [7, 11) is 4.13. The Kier molecular flexibility index (Phi) is 4.64. The lowest BCUT2D eigenvalue weighted by Gasteiger charge is -2.20. The van der Waals surface area contributed by atoms with Crippen molar-refractivity contribution in [2.75, 3.05) is 27.2 Å². The average molecular weight is 400 g/mol. The van der Waals surface area contributed by atoms with Gasteiger partial charge in [-0.25, -0.2) is 4.98 Å². The number of pyridine rings is 1. The lowest BCUT2D eigenvalue weighted by atomic mass is 10.1. The van der Waals surface area contributed by atoms with E-state index in [0.717, 1.165) is 41.8 Å². The number of oxazole rings is 1.